The van der Waals surface area contributed by atoms with Crippen LogP contribution in [-0.2, 0) is 6.54 Å². The number of hydrogen-bond donors (Lipinski definition) is 2. The van der Waals surface area contributed by atoms with Crippen LogP contribution in [-0.4, -0.2) is 25.2 Å². The summed E-state index contributed by atoms with van der Waals surface area (Å²) < 4.78 is 1.36. The van der Waals surface area contributed by atoms with Crippen molar-refractivity contribution in [1.29, 1.82) is 0 Å². The second-order valence-corrected chi connectivity index (χ2v) is 4.79. The van der Waals surface area contributed by atoms with Gasteiger partial charge >= 0.3 is 5.69 Å². The molecule has 1 aromatic heterocycles. The third-order valence-electron chi connectivity index (χ3n) is 2.51. The molecule has 18 heavy (non-hydrogen) atoms. The van der Waals surface area contributed by atoms with E-state index in [9.17, 15) is 20.0 Å². The lowest BCUT2D eigenvalue weighted by Gasteiger charge is -2.17. The highest BCUT2D eigenvalue weighted by Crippen LogP contribution is 2.19. The highest BCUT2D eigenvalue weighted by atomic mass is 16.6. The monoisotopic (exact) mass is 251 g/mol. The molecule has 0 atom stereocenters. The number of aromatic amines is 1. The number of imidazole rings is 1. The Labute approximate surface area is 102 Å². The molecule has 0 fully saturated rings. The van der Waals surface area contributed by atoms with Crippen LogP contribution < -0.4 is 5.69 Å². The molecule has 0 amide bonds. The summed E-state index contributed by atoms with van der Waals surface area (Å²) in [6.07, 6.45) is 0. The molecule has 1 aromatic carbocycles. The SMILES string of the molecule is CC(C)(O)Cn1c(=O)[nH]c2cc([N+](=O)[O-])ccc21. The van der Waals surface area contributed by atoms with Crippen LogP contribution in [0.2, 0.25) is 0 Å². The first kappa shape index (κ1) is 12.3. The summed E-state index contributed by atoms with van der Waals surface area (Å²) in [4.78, 5) is 24.4. The third kappa shape index (κ3) is 2.25. The number of non-ortho nitro benzene ring substituents is 1. The van der Waals surface area contributed by atoms with Crippen molar-refractivity contribution in [3.63, 3.8) is 0 Å². The zero-order valence-electron chi connectivity index (χ0n) is 10.0. The van der Waals surface area contributed by atoms with Crippen LogP contribution >= 0.6 is 0 Å². The summed E-state index contributed by atoms with van der Waals surface area (Å²) in [5, 5.41) is 20.4. The second-order valence-electron chi connectivity index (χ2n) is 4.79. The van der Waals surface area contributed by atoms with Gasteiger partial charge in [0.2, 0.25) is 0 Å². The van der Waals surface area contributed by atoms with Crippen LogP contribution in [0.15, 0.2) is 23.0 Å². The zero-order valence-corrected chi connectivity index (χ0v) is 10.0. The van der Waals surface area contributed by atoms with Gasteiger partial charge in [-0.15, -0.1) is 0 Å². The van der Waals surface area contributed by atoms with Crippen LogP contribution in [0, 0.1) is 10.1 Å². The van der Waals surface area contributed by atoms with E-state index in [0.29, 0.717) is 11.0 Å². The highest BCUT2D eigenvalue weighted by molar-refractivity contribution is 5.77. The van der Waals surface area contributed by atoms with Gasteiger partial charge in [-0.25, -0.2) is 4.79 Å². The van der Waals surface area contributed by atoms with Gasteiger partial charge in [0.1, 0.15) is 0 Å². The number of H-pyrrole nitrogens is 1. The smallest absolute Gasteiger partial charge is 0.326 e. The maximum absolute atomic E-state index is 11.7. The van der Waals surface area contributed by atoms with Gasteiger partial charge in [-0.05, 0) is 19.9 Å². The molecular weight excluding hydrogens is 238 g/mol. The second kappa shape index (κ2) is 3.95. The summed E-state index contributed by atoms with van der Waals surface area (Å²) >= 11 is 0. The van der Waals surface area contributed by atoms with Crippen LogP contribution in [0.25, 0.3) is 11.0 Å². The molecule has 7 heteroatoms. The molecule has 0 aliphatic carbocycles. The molecule has 7 nitrogen and oxygen atoms in total. The third-order valence-corrected chi connectivity index (χ3v) is 2.51. The van der Waals surface area contributed by atoms with Gasteiger partial charge in [-0.2, -0.15) is 0 Å². The Morgan fingerprint density at radius 1 is 1.50 bits per heavy atom. The number of aliphatic hydroxyl groups is 1. The van der Waals surface area contributed by atoms with Crippen LogP contribution in [0.3, 0.4) is 0 Å². The van der Waals surface area contributed by atoms with Crippen molar-refractivity contribution in [3.05, 3.63) is 38.8 Å². The predicted octanol–water partition coefficient (Wildman–Crippen LogP) is 1.01. The number of aromatic nitrogens is 2. The highest BCUT2D eigenvalue weighted by Gasteiger charge is 2.18. The van der Waals surface area contributed by atoms with E-state index in [4.69, 9.17) is 0 Å². The number of nitro benzene ring substituents is 1. The van der Waals surface area contributed by atoms with E-state index < -0.39 is 16.2 Å². The van der Waals surface area contributed by atoms with Crippen molar-refractivity contribution < 1.29 is 10.0 Å². The maximum Gasteiger partial charge on any atom is 0.326 e. The quantitative estimate of drug-likeness (QED) is 0.627. The van der Waals surface area contributed by atoms with E-state index in [-0.39, 0.29) is 12.2 Å². The van der Waals surface area contributed by atoms with E-state index in [0.717, 1.165) is 0 Å². The van der Waals surface area contributed by atoms with Crippen molar-refractivity contribution in [3.8, 4) is 0 Å². The van der Waals surface area contributed by atoms with Crippen molar-refractivity contribution in [1.82, 2.24) is 9.55 Å². The fraction of sp³-hybridized carbons (Fsp3) is 0.364. The van der Waals surface area contributed by atoms with Crippen molar-refractivity contribution in [2.24, 2.45) is 0 Å². The van der Waals surface area contributed by atoms with Gasteiger partial charge in [0.25, 0.3) is 5.69 Å². The Bertz CT molecular complexity index is 663. The first-order valence-corrected chi connectivity index (χ1v) is 5.37. The molecule has 0 spiro atoms. The summed E-state index contributed by atoms with van der Waals surface area (Å²) in [7, 11) is 0. The molecule has 0 unspecified atom stereocenters. The van der Waals surface area contributed by atoms with E-state index in [1.165, 1.54) is 22.8 Å². The first-order valence-electron chi connectivity index (χ1n) is 5.37. The molecule has 0 bridgehead atoms. The maximum atomic E-state index is 11.7. The fourth-order valence-corrected chi connectivity index (χ4v) is 1.81. The molecule has 0 aliphatic heterocycles. The number of nitro groups is 1. The molecule has 2 N–H and O–H groups in total. The minimum atomic E-state index is -1.04. The number of hydrogen-bond acceptors (Lipinski definition) is 4. The number of nitrogens with one attached hydrogen (secondary N) is 1. The number of benzene rings is 1. The van der Waals surface area contributed by atoms with Gasteiger partial charge in [-0.3, -0.25) is 14.7 Å². The van der Waals surface area contributed by atoms with Gasteiger partial charge in [-0.1, -0.05) is 0 Å². The Kier molecular flexibility index (Phi) is 2.70. The first-order chi connectivity index (χ1) is 8.28. The zero-order chi connectivity index (χ0) is 13.5. The number of nitrogens with zero attached hydrogens (tertiary/aromatic N) is 2. The topological polar surface area (TPSA) is 101 Å². The average Bonchev–Trinajstić information content (AvgIpc) is 2.52. The molecule has 2 aromatic rings. The standard InChI is InChI=1S/C11H13N3O4/c1-11(2,16)6-13-9-4-3-7(14(17)18)5-8(9)12-10(13)15/h3-5,16H,6H2,1-2H3,(H,12,15). The van der Waals surface area contributed by atoms with Gasteiger partial charge in [0.05, 0.1) is 28.1 Å². The van der Waals surface area contributed by atoms with Crippen LogP contribution in [0.5, 0.6) is 0 Å². The van der Waals surface area contributed by atoms with Crippen LogP contribution in [0.4, 0.5) is 5.69 Å². The molecule has 0 aliphatic rings. The van der Waals surface area contributed by atoms with E-state index in [1.807, 2.05) is 0 Å². The molecule has 0 radical (unpaired) electrons. The lowest BCUT2D eigenvalue weighted by Crippen LogP contribution is -2.31. The Morgan fingerprint density at radius 3 is 2.72 bits per heavy atom. The van der Waals surface area contributed by atoms with Crippen LogP contribution in [0.1, 0.15) is 13.8 Å². The molecular formula is C11H13N3O4. The summed E-state index contributed by atoms with van der Waals surface area (Å²) in [5.41, 5.74) is -0.598. The number of rotatable bonds is 3. The molecule has 0 saturated carbocycles. The molecule has 0 saturated heterocycles. The lowest BCUT2D eigenvalue weighted by molar-refractivity contribution is -0.384. The van der Waals surface area contributed by atoms with Crippen molar-refractivity contribution >= 4 is 16.7 Å². The Hall–Kier alpha value is -2.15. The largest absolute Gasteiger partial charge is 0.389 e. The summed E-state index contributed by atoms with van der Waals surface area (Å²) in [5.74, 6) is 0. The van der Waals surface area contributed by atoms with E-state index in [2.05, 4.69) is 4.98 Å². The van der Waals surface area contributed by atoms with E-state index in [1.54, 1.807) is 13.8 Å². The minimum absolute atomic E-state index is 0.0841. The van der Waals surface area contributed by atoms with Crippen molar-refractivity contribution in [2.75, 3.05) is 0 Å². The Morgan fingerprint density at radius 2 is 2.17 bits per heavy atom. The minimum Gasteiger partial charge on any atom is -0.389 e. The fourth-order valence-electron chi connectivity index (χ4n) is 1.81. The normalized spacial score (nSPS) is 11.9. The summed E-state index contributed by atoms with van der Waals surface area (Å²) in [6.45, 7) is 3.29. The Balaban J connectivity index is 2.59. The lowest BCUT2D eigenvalue weighted by atomic mass is 10.1. The molecule has 96 valence electrons. The van der Waals surface area contributed by atoms with E-state index >= 15 is 0 Å². The number of fused-ring (bicyclic) bond motifs is 1. The predicted molar refractivity (Wildman–Crippen MR) is 65.5 cm³/mol. The van der Waals surface area contributed by atoms with Gasteiger partial charge in [0.15, 0.2) is 0 Å². The van der Waals surface area contributed by atoms with Gasteiger partial charge < -0.3 is 10.1 Å². The summed E-state index contributed by atoms with van der Waals surface area (Å²) in [6, 6.07) is 4.13. The average molecular weight is 251 g/mol. The van der Waals surface area contributed by atoms with Crippen molar-refractivity contribution in [2.45, 2.75) is 26.0 Å². The molecule has 1 heterocycles. The molecule has 2 rings (SSSR count). The van der Waals surface area contributed by atoms with Gasteiger partial charge in [0, 0.05) is 12.1 Å².